The van der Waals surface area contributed by atoms with Gasteiger partial charge in [0, 0.05) is 5.57 Å². The number of rotatable bonds is 6. The monoisotopic (exact) mass is 577 g/mol. The predicted molar refractivity (Wildman–Crippen MR) is 143 cm³/mol. The number of hydrogen-bond acceptors (Lipinski definition) is 11. The van der Waals surface area contributed by atoms with Crippen LogP contribution in [0.3, 0.4) is 0 Å². The van der Waals surface area contributed by atoms with Crippen LogP contribution in [0.15, 0.2) is 11.6 Å². The van der Waals surface area contributed by atoms with Gasteiger partial charge in [-0.2, -0.15) is 0 Å². The Bertz CT molecular complexity index is 1180. The average molecular weight is 578 g/mol. The van der Waals surface area contributed by atoms with Crippen molar-refractivity contribution in [2.24, 2.45) is 5.92 Å². The van der Waals surface area contributed by atoms with Crippen molar-refractivity contribution in [2.45, 2.75) is 113 Å². The number of epoxide rings is 1. The van der Waals surface area contributed by atoms with Gasteiger partial charge in [0.1, 0.15) is 31.0 Å². The Morgan fingerprint density at radius 1 is 1.18 bits per heavy atom. The minimum Gasteiger partial charge on any atom is -0.430 e. The molecule has 5 aliphatic rings. The topological polar surface area (TPSA) is 148 Å². The van der Waals surface area contributed by atoms with Gasteiger partial charge in [-0.3, -0.25) is 0 Å². The van der Waals surface area contributed by atoms with Crippen LogP contribution in [0, 0.1) is 29.6 Å². The van der Waals surface area contributed by atoms with E-state index in [0.717, 1.165) is 0 Å². The number of fused-ring (bicyclic) bond motifs is 2. The zero-order valence-corrected chi connectivity index (χ0v) is 24.8. The van der Waals surface area contributed by atoms with E-state index < -0.39 is 87.2 Å². The van der Waals surface area contributed by atoms with Crippen molar-refractivity contribution < 1.29 is 48.2 Å². The fraction of sp³-hybridized carbons (Fsp3) is 0.750. The van der Waals surface area contributed by atoms with Crippen LogP contribution in [0.2, 0.25) is 18.1 Å². The normalized spacial score (nSPS) is 44.2. The molecule has 0 aromatic heterocycles. The number of likely N-dealkylation sites (N-methyl/N-ethyl adjacent to an activating group) is 1. The van der Waals surface area contributed by atoms with E-state index in [1.54, 1.807) is 14.0 Å². The molecule has 220 valence electrons. The lowest BCUT2D eigenvalue weighted by Crippen LogP contribution is -2.63. The largest absolute Gasteiger partial charge is 0.508 e. The molecule has 3 heterocycles. The number of hydrogen-bond donors (Lipinski definition) is 4. The molecule has 0 spiro atoms. The minimum atomic E-state index is -2.35. The summed E-state index contributed by atoms with van der Waals surface area (Å²) in [7, 11) is -0.698. The molecule has 3 aliphatic heterocycles. The number of nitrogens with one attached hydrogen (secondary N) is 1. The third kappa shape index (κ3) is 5.11. The number of carbonyl (C=O) groups excluding carboxylic acids is 1. The van der Waals surface area contributed by atoms with Crippen LogP contribution >= 0.6 is 0 Å². The van der Waals surface area contributed by atoms with Gasteiger partial charge in [-0.05, 0) is 38.2 Å². The van der Waals surface area contributed by atoms with Crippen molar-refractivity contribution >= 4 is 14.5 Å². The SMILES string of the molecule is CN[C@H]1[C@@H](O[C@@H]2[C@H]3C(=C[C@H]2O[Si](C)(C)C(C)(C)C)C#C[C@]2([C@H]4COC(=O)O4)O[C@@H]2C#C[C@@H]3O)O[C@H](C)[C@H](O)[C@@H]1O. The summed E-state index contributed by atoms with van der Waals surface area (Å²) in [5, 5.41) is 35.3. The van der Waals surface area contributed by atoms with E-state index >= 15 is 0 Å². The van der Waals surface area contributed by atoms with E-state index in [0.29, 0.717) is 5.57 Å². The molecule has 0 radical (unpaired) electrons. The van der Waals surface area contributed by atoms with Crippen molar-refractivity contribution in [2.75, 3.05) is 13.7 Å². The maximum absolute atomic E-state index is 11.6. The molecule has 0 unspecified atom stereocenters. The molecule has 12 heteroatoms. The van der Waals surface area contributed by atoms with E-state index in [-0.39, 0.29) is 11.6 Å². The van der Waals surface area contributed by atoms with Gasteiger partial charge in [0.15, 0.2) is 26.8 Å². The van der Waals surface area contributed by atoms with Crippen molar-refractivity contribution in [3.8, 4) is 23.7 Å². The summed E-state index contributed by atoms with van der Waals surface area (Å²) in [6, 6.07) is -0.740. The molecule has 40 heavy (non-hydrogen) atoms. The molecular weight excluding hydrogens is 538 g/mol. The van der Waals surface area contributed by atoms with Crippen LogP contribution in [0.4, 0.5) is 4.79 Å². The van der Waals surface area contributed by atoms with Gasteiger partial charge < -0.3 is 48.7 Å². The maximum Gasteiger partial charge on any atom is 0.508 e. The summed E-state index contributed by atoms with van der Waals surface area (Å²) in [5.41, 5.74) is -0.593. The molecule has 11 nitrogen and oxygen atoms in total. The first-order chi connectivity index (χ1) is 18.7. The number of cyclic esters (lactones) is 2. The zero-order chi connectivity index (χ0) is 29.2. The van der Waals surface area contributed by atoms with Gasteiger partial charge in [0.25, 0.3) is 0 Å². The van der Waals surface area contributed by atoms with E-state index in [2.05, 4.69) is 62.9 Å². The smallest absolute Gasteiger partial charge is 0.430 e. The first-order valence-corrected chi connectivity index (χ1v) is 16.6. The average Bonchev–Trinajstić information content (AvgIpc) is 3.20. The summed E-state index contributed by atoms with van der Waals surface area (Å²) in [5.74, 6) is 11.4. The highest BCUT2D eigenvalue weighted by Gasteiger charge is 2.65. The fourth-order valence-corrected chi connectivity index (χ4v) is 6.54. The Morgan fingerprint density at radius 3 is 2.52 bits per heavy atom. The van der Waals surface area contributed by atoms with E-state index in [4.69, 9.17) is 28.1 Å². The van der Waals surface area contributed by atoms with Crippen molar-refractivity contribution in [3.05, 3.63) is 11.6 Å². The quantitative estimate of drug-likeness (QED) is 0.151. The van der Waals surface area contributed by atoms with Crippen LogP contribution in [-0.2, 0) is 28.1 Å². The molecule has 3 fully saturated rings. The minimum absolute atomic E-state index is 0.00362. The molecule has 0 amide bonds. The predicted octanol–water partition coefficient (Wildman–Crippen LogP) is 0.427. The molecule has 0 aromatic carbocycles. The Kier molecular flexibility index (Phi) is 7.66. The first kappa shape index (κ1) is 29.5. The number of aliphatic hydroxyl groups excluding tert-OH is 3. The maximum atomic E-state index is 11.6. The Balaban J connectivity index is 1.51. The third-order valence-electron chi connectivity index (χ3n) is 8.90. The molecule has 2 aliphatic carbocycles. The lowest BCUT2D eigenvalue weighted by molar-refractivity contribution is -0.282. The Morgan fingerprint density at radius 2 is 1.90 bits per heavy atom. The summed E-state index contributed by atoms with van der Waals surface area (Å²) < 4.78 is 35.4. The molecule has 0 aromatic rings. The summed E-state index contributed by atoms with van der Waals surface area (Å²) in [4.78, 5) is 11.6. The summed E-state index contributed by atoms with van der Waals surface area (Å²) in [6.45, 7) is 12.3. The van der Waals surface area contributed by atoms with Crippen LogP contribution in [-0.4, -0.2) is 110 Å². The lowest BCUT2D eigenvalue weighted by atomic mass is 9.92. The van der Waals surface area contributed by atoms with Crippen LogP contribution in [0.5, 0.6) is 0 Å². The number of carbonyl (C=O) groups is 1. The Hall–Kier alpha value is -1.97. The van der Waals surface area contributed by atoms with Gasteiger partial charge in [0.2, 0.25) is 5.60 Å². The summed E-state index contributed by atoms with van der Waals surface area (Å²) in [6.07, 6.45) is -6.78. The highest BCUT2D eigenvalue weighted by atomic mass is 28.4. The standard InChI is InChI=1S/C28H39NO10Si/c1-14-22(31)23(32)21(29-5)25(35-14)37-24-17(39-40(6,7)27(2,3)4)12-15-10-11-28(19-13-34-26(33)36-19)18(38-28)9-8-16(30)20(15)24/h12,14,16-25,29-32H,13H2,1-7H3/t14-,16+,17-,18-,19-,20+,21-,22+,23-,24+,25-,28+/m1/s1. The van der Waals surface area contributed by atoms with Gasteiger partial charge in [-0.25, -0.2) is 4.79 Å². The number of ether oxygens (including phenoxy) is 5. The van der Waals surface area contributed by atoms with Crippen molar-refractivity contribution in [3.63, 3.8) is 0 Å². The molecule has 4 N–H and O–H groups in total. The number of aliphatic hydroxyl groups is 3. The van der Waals surface area contributed by atoms with E-state index in [1.165, 1.54) is 0 Å². The van der Waals surface area contributed by atoms with Gasteiger partial charge in [-0.1, -0.05) is 44.5 Å². The zero-order valence-electron chi connectivity index (χ0n) is 23.8. The van der Waals surface area contributed by atoms with Gasteiger partial charge >= 0.3 is 6.16 Å². The molecule has 0 bridgehead atoms. The second-order valence-corrected chi connectivity index (χ2v) is 17.3. The van der Waals surface area contributed by atoms with Crippen LogP contribution in [0.1, 0.15) is 27.7 Å². The van der Waals surface area contributed by atoms with Crippen LogP contribution < -0.4 is 5.32 Å². The first-order valence-electron chi connectivity index (χ1n) is 13.7. The van der Waals surface area contributed by atoms with E-state index in [1.807, 2.05) is 6.08 Å². The summed E-state index contributed by atoms with van der Waals surface area (Å²) >= 11 is 0. The second kappa shape index (κ2) is 10.4. The molecule has 12 atom stereocenters. The van der Waals surface area contributed by atoms with Crippen molar-refractivity contribution in [1.29, 1.82) is 0 Å². The van der Waals surface area contributed by atoms with Gasteiger partial charge in [0.05, 0.1) is 24.2 Å². The van der Waals surface area contributed by atoms with Crippen molar-refractivity contribution in [1.82, 2.24) is 5.32 Å². The third-order valence-corrected chi connectivity index (χ3v) is 13.4. The van der Waals surface area contributed by atoms with Gasteiger partial charge in [-0.15, -0.1) is 0 Å². The van der Waals surface area contributed by atoms with Crippen LogP contribution in [0.25, 0.3) is 0 Å². The molecule has 5 rings (SSSR count). The lowest BCUT2D eigenvalue weighted by Gasteiger charge is -2.45. The highest BCUT2D eigenvalue weighted by molar-refractivity contribution is 6.74. The molecular formula is C28H39NO10Si. The fourth-order valence-electron chi connectivity index (χ4n) is 5.30. The molecule has 0 saturated carbocycles. The second-order valence-electron chi connectivity index (χ2n) is 12.5. The highest BCUT2D eigenvalue weighted by Crippen LogP contribution is 2.45. The Labute approximate surface area is 235 Å². The van der Waals surface area contributed by atoms with E-state index in [9.17, 15) is 20.1 Å². The molecule has 3 saturated heterocycles.